The van der Waals surface area contributed by atoms with Crippen LogP contribution in [0.15, 0.2) is 11.8 Å². The van der Waals surface area contributed by atoms with Gasteiger partial charge in [0, 0.05) is 31.4 Å². The maximum absolute atomic E-state index is 12.4. The van der Waals surface area contributed by atoms with Crippen molar-refractivity contribution < 1.29 is 9.59 Å². The normalized spacial score (nSPS) is 21.3. The molecule has 2 unspecified atom stereocenters. The molecule has 6 nitrogen and oxygen atoms in total. The minimum Gasteiger partial charge on any atom is -0.338 e. The molecule has 1 saturated heterocycles. The molecular formula is C18H32N4O2. The minimum absolute atomic E-state index is 0.0110. The van der Waals surface area contributed by atoms with Gasteiger partial charge in [-0.25, -0.2) is 9.59 Å². The van der Waals surface area contributed by atoms with E-state index in [1.165, 1.54) is 25.0 Å². The summed E-state index contributed by atoms with van der Waals surface area (Å²) < 4.78 is 0. The Balaban J connectivity index is 1.64. The van der Waals surface area contributed by atoms with Crippen LogP contribution in [0, 0.1) is 5.92 Å². The number of fused-ring (bicyclic) bond motifs is 1. The maximum Gasteiger partial charge on any atom is 0.321 e. The molecular weight excluding hydrogens is 304 g/mol. The highest BCUT2D eigenvalue weighted by molar-refractivity contribution is 5.76. The molecule has 4 amide bonds. The lowest BCUT2D eigenvalue weighted by atomic mass is 9.85. The van der Waals surface area contributed by atoms with Crippen LogP contribution in [-0.4, -0.2) is 42.6 Å². The van der Waals surface area contributed by atoms with Crippen LogP contribution in [0.25, 0.3) is 0 Å². The minimum atomic E-state index is -0.137. The van der Waals surface area contributed by atoms with Crippen LogP contribution in [-0.2, 0) is 0 Å². The third-order valence-corrected chi connectivity index (χ3v) is 4.92. The second-order valence-electron chi connectivity index (χ2n) is 6.85. The van der Waals surface area contributed by atoms with Crippen molar-refractivity contribution in [1.82, 2.24) is 20.9 Å². The first kappa shape index (κ1) is 18.6. The highest BCUT2D eigenvalue weighted by atomic mass is 16.2. The first-order valence-electron chi connectivity index (χ1n) is 9.41. The Morgan fingerprint density at radius 1 is 1.25 bits per heavy atom. The van der Waals surface area contributed by atoms with Gasteiger partial charge in [-0.05, 0) is 57.8 Å². The van der Waals surface area contributed by atoms with Gasteiger partial charge < -0.3 is 16.0 Å². The van der Waals surface area contributed by atoms with E-state index in [0.29, 0.717) is 19.0 Å². The molecule has 136 valence electrons. The predicted octanol–water partition coefficient (Wildman–Crippen LogP) is 2.96. The lowest BCUT2D eigenvalue weighted by molar-refractivity contribution is 0.187. The Hall–Kier alpha value is -1.72. The predicted molar refractivity (Wildman–Crippen MR) is 95.7 cm³/mol. The molecule has 0 bridgehead atoms. The monoisotopic (exact) mass is 336 g/mol. The number of carbonyl (C=O) groups excluding carboxylic acids is 2. The number of rotatable bonds is 6. The molecule has 0 aromatic carbocycles. The smallest absolute Gasteiger partial charge is 0.321 e. The molecule has 2 rings (SSSR count). The van der Waals surface area contributed by atoms with Crippen molar-refractivity contribution in [2.24, 2.45) is 5.92 Å². The molecule has 2 atom stereocenters. The molecule has 2 aliphatic rings. The Morgan fingerprint density at radius 2 is 2.00 bits per heavy atom. The van der Waals surface area contributed by atoms with Gasteiger partial charge in [-0.15, -0.1) is 0 Å². The van der Waals surface area contributed by atoms with Crippen LogP contribution in [0.5, 0.6) is 0 Å². The van der Waals surface area contributed by atoms with Crippen molar-refractivity contribution in [1.29, 1.82) is 0 Å². The van der Waals surface area contributed by atoms with Gasteiger partial charge in [0.15, 0.2) is 0 Å². The van der Waals surface area contributed by atoms with Crippen molar-refractivity contribution in [3.8, 4) is 0 Å². The lowest BCUT2D eigenvalue weighted by Gasteiger charge is -2.37. The number of amides is 4. The summed E-state index contributed by atoms with van der Waals surface area (Å²) in [7, 11) is 0. The number of allylic oxidation sites excluding steroid dienone is 2. The fourth-order valence-corrected chi connectivity index (χ4v) is 3.35. The second-order valence-corrected chi connectivity index (χ2v) is 6.85. The van der Waals surface area contributed by atoms with E-state index in [1.807, 2.05) is 18.7 Å². The van der Waals surface area contributed by atoms with E-state index in [9.17, 15) is 9.59 Å². The van der Waals surface area contributed by atoms with Crippen molar-refractivity contribution in [3.05, 3.63) is 11.8 Å². The first-order valence-corrected chi connectivity index (χ1v) is 9.41. The summed E-state index contributed by atoms with van der Waals surface area (Å²) in [6, 6.07) is 0.0549. The molecule has 0 aromatic rings. The molecule has 1 aliphatic heterocycles. The third kappa shape index (κ3) is 5.42. The fraction of sp³-hybridized carbons (Fsp3) is 0.778. The number of urea groups is 2. The highest BCUT2D eigenvalue weighted by Crippen LogP contribution is 2.34. The molecule has 0 radical (unpaired) electrons. The van der Waals surface area contributed by atoms with Gasteiger partial charge in [-0.2, -0.15) is 0 Å². The van der Waals surface area contributed by atoms with Crippen LogP contribution < -0.4 is 16.0 Å². The zero-order chi connectivity index (χ0) is 17.4. The fourth-order valence-electron chi connectivity index (χ4n) is 3.35. The Morgan fingerprint density at radius 3 is 2.79 bits per heavy atom. The molecule has 0 aromatic heterocycles. The number of nitrogens with one attached hydrogen (secondary N) is 3. The van der Waals surface area contributed by atoms with Crippen LogP contribution in [0.1, 0.15) is 58.8 Å². The summed E-state index contributed by atoms with van der Waals surface area (Å²) in [6.45, 7) is 5.98. The van der Waals surface area contributed by atoms with Crippen molar-refractivity contribution >= 4 is 12.1 Å². The number of hydrogen-bond donors (Lipinski definition) is 3. The zero-order valence-corrected chi connectivity index (χ0v) is 15.1. The Bertz CT molecular complexity index is 464. The van der Waals surface area contributed by atoms with E-state index in [0.717, 1.165) is 32.2 Å². The van der Waals surface area contributed by atoms with Gasteiger partial charge in [0.05, 0.1) is 0 Å². The average Bonchev–Trinajstić information content (AvgIpc) is 2.60. The van der Waals surface area contributed by atoms with Crippen LogP contribution in [0.3, 0.4) is 0 Å². The molecule has 24 heavy (non-hydrogen) atoms. The van der Waals surface area contributed by atoms with Gasteiger partial charge in [0.1, 0.15) is 0 Å². The van der Waals surface area contributed by atoms with E-state index in [1.54, 1.807) is 0 Å². The van der Waals surface area contributed by atoms with Crippen molar-refractivity contribution in [2.75, 3.05) is 19.6 Å². The zero-order valence-electron chi connectivity index (χ0n) is 15.1. The standard InChI is InChI=1S/C18H32N4O2/c1-3-14(2)21-17(23)19-11-7-12-20-18(24)22-13-6-9-15-8-4-5-10-16(15)22/h10,14-15H,3-9,11-13H2,1-2H3,(H,20,24)(H2,19,21,23). The summed E-state index contributed by atoms with van der Waals surface area (Å²) in [5.41, 5.74) is 1.23. The molecule has 1 heterocycles. The molecule has 6 heteroatoms. The van der Waals surface area contributed by atoms with Gasteiger partial charge in [0.25, 0.3) is 0 Å². The highest BCUT2D eigenvalue weighted by Gasteiger charge is 2.29. The SMILES string of the molecule is CCC(C)NC(=O)NCCCNC(=O)N1CCCC2CCCC=C21. The van der Waals surface area contributed by atoms with E-state index >= 15 is 0 Å². The van der Waals surface area contributed by atoms with E-state index < -0.39 is 0 Å². The number of likely N-dealkylation sites (tertiary alicyclic amines) is 1. The van der Waals surface area contributed by atoms with Crippen molar-refractivity contribution in [3.63, 3.8) is 0 Å². The Labute approximate surface area is 145 Å². The van der Waals surface area contributed by atoms with E-state index in [4.69, 9.17) is 0 Å². The second kappa shape index (κ2) is 9.55. The number of piperidine rings is 1. The Kier molecular flexibility index (Phi) is 7.40. The van der Waals surface area contributed by atoms with Crippen LogP contribution >= 0.6 is 0 Å². The molecule has 0 spiro atoms. The molecule has 1 fully saturated rings. The topological polar surface area (TPSA) is 73.5 Å². The molecule has 3 N–H and O–H groups in total. The van der Waals surface area contributed by atoms with Crippen molar-refractivity contribution in [2.45, 2.75) is 64.8 Å². The summed E-state index contributed by atoms with van der Waals surface area (Å²) in [4.78, 5) is 25.9. The number of carbonyl (C=O) groups is 2. The van der Waals surface area contributed by atoms with E-state index in [2.05, 4.69) is 22.0 Å². The number of hydrogen-bond acceptors (Lipinski definition) is 2. The maximum atomic E-state index is 12.4. The van der Waals surface area contributed by atoms with Gasteiger partial charge >= 0.3 is 12.1 Å². The van der Waals surface area contributed by atoms with Gasteiger partial charge in [-0.1, -0.05) is 13.0 Å². The summed E-state index contributed by atoms with van der Waals surface area (Å²) in [5, 5.41) is 8.66. The van der Waals surface area contributed by atoms with Gasteiger partial charge in [-0.3, -0.25) is 4.90 Å². The quantitative estimate of drug-likeness (QED) is 0.652. The largest absolute Gasteiger partial charge is 0.338 e. The van der Waals surface area contributed by atoms with E-state index in [-0.39, 0.29) is 18.1 Å². The summed E-state index contributed by atoms with van der Waals surface area (Å²) >= 11 is 0. The number of nitrogens with zero attached hydrogens (tertiary/aromatic N) is 1. The van der Waals surface area contributed by atoms with Gasteiger partial charge in [0.2, 0.25) is 0 Å². The molecule has 1 aliphatic carbocycles. The summed E-state index contributed by atoms with van der Waals surface area (Å²) in [5.74, 6) is 0.573. The molecule has 0 saturated carbocycles. The van der Waals surface area contributed by atoms with Crippen LogP contribution in [0.2, 0.25) is 0 Å². The first-order chi connectivity index (χ1) is 11.6. The summed E-state index contributed by atoms with van der Waals surface area (Å²) in [6.07, 6.45) is 9.74. The lowest BCUT2D eigenvalue weighted by Crippen LogP contribution is -2.45. The third-order valence-electron chi connectivity index (χ3n) is 4.92. The average molecular weight is 336 g/mol. The van der Waals surface area contributed by atoms with Crippen LogP contribution in [0.4, 0.5) is 9.59 Å².